The van der Waals surface area contributed by atoms with Crippen molar-refractivity contribution in [3.05, 3.63) is 64.2 Å². The van der Waals surface area contributed by atoms with Crippen molar-refractivity contribution in [2.75, 3.05) is 5.32 Å². The quantitative estimate of drug-likeness (QED) is 0.487. The molecule has 0 radical (unpaired) electrons. The first-order valence-electron chi connectivity index (χ1n) is 10.6. The Morgan fingerprint density at radius 2 is 2.00 bits per heavy atom. The molecule has 0 saturated carbocycles. The van der Waals surface area contributed by atoms with Crippen molar-refractivity contribution in [1.29, 1.82) is 0 Å². The summed E-state index contributed by atoms with van der Waals surface area (Å²) in [6, 6.07) is 8.96. The summed E-state index contributed by atoms with van der Waals surface area (Å²) >= 11 is 6.11. The lowest BCUT2D eigenvalue weighted by Gasteiger charge is -2.20. The van der Waals surface area contributed by atoms with E-state index in [9.17, 15) is 14.7 Å². The zero-order valence-corrected chi connectivity index (χ0v) is 19.8. The van der Waals surface area contributed by atoms with Crippen molar-refractivity contribution in [3.8, 4) is 11.5 Å². The van der Waals surface area contributed by atoms with Crippen molar-refractivity contribution in [2.24, 2.45) is 5.92 Å². The van der Waals surface area contributed by atoms with Gasteiger partial charge in [0.1, 0.15) is 11.8 Å². The molecule has 2 aromatic heterocycles. The Labute approximate surface area is 197 Å². The molecule has 0 aliphatic carbocycles. The average Bonchev–Trinajstić information content (AvgIpc) is 3.13. The fourth-order valence-electron chi connectivity index (χ4n) is 3.23. The molecule has 1 aromatic carbocycles. The van der Waals surface area contributed by atoms with Gasteiger partial charge >= 0.3 is 0 Å². The molecule has 0 fully saturated rings. The number of rotatable bonds is 9. The third kappa shape index (κ3) is 6.90. The molecule has 176 valence electrons. The molecule has 1 unspecified atom stereocenters. The Morgan fingerprint density at radius 3 is 2.64 bits per heavy atom. The van der Waals surface area contributed by atoms with Crippen molar-refractivity contribution < 1.29 is 14.6 Å². The van der Waals surface area contributed by atoms with E-state index in [1.165, 1.54) is 12.3 Å². The van der Waals surface area contributed by atoms with E-state index in [0.29, 0.717) is 23.0 Å². The lowest BCUT2D eigenvalue weighted by atomic mass is 10.0. The molecule has 0 bridgehead atoms. The van der Waals surface area contributed by atoms with Gasteiger partial charge in [0.25, 0.3) is 11.5 Å². The van der Waals surface area contributed by atoms with Gasteiger partial charge < -0.3 is 15.2 Å². The third-order valence-electron chi connectivity index (χ3n) is 4.60. The maximum Gasteiger partial charge on any atom is 0.271 e. The van der Waals surface area contributed by atoms with Crippen LogP contribution in [-0.4, -0.2) is 36.2 Å². The second-order valence-corrected chi connectivity index (χ2v) is 9.26. The lowest BCUT2D eigenvalue weighted by Crippen LogP contribution is -2.35. The van der Waals surface area contributed by atoms with Gasteiger partial charge in [-0.15, -0.1) is 0 Å². The molecule has 9 nitrogen and oxygen atoms in total. The van der Waals surface area contributed by atoms with Crippen LogP contribution < -0.4 is 15.6 Å². The van der Waals surface area contributed by atoms with Crippen LogP contribution in [-0.2, 0) is 11.3 Å². The number of hydrogen-bond donors (Lipinski definition) is 2. The van der Waals surface area contributed by atoms with Crippen LogP contribution in [0.15, 0.2) is 53.6 Å². The summed E-state index contributed by atoms with van der Waals surface area (Å²) in [6.45, 7) is 7.52. The molecule has 33 heavy (non-hydrogen) atoms. The van der Waals surface area contributed by atoms with Gasteiger partial charge in [0.2, 0.25) is 0 Å². The number of amides is 1. The van der Waals surface area contributed by atoms with Crippen molar-refractivity contribution in [3.63, 3.8) is 0 Å². The molecular formula is C23H28ClN5O4. The van der Waals surface area contributed by atoms with Gasteiger partial charge in [-0.05, 0) is 38.3 Å². The molecule has 0 aliphatic heterocycles. The number of aliphatic hydroxyl groups is 1. The van der Waals surface area contributed by atoms with Gasteiger partial charge in [-0.3, -0.25) is 14.3 Å². The number of halogens is 1. The van der Waals surface area contributed by atoms with Crippen molar-refractivity contribution in [1.82, 2.24) is 19.6 Å². The molecule has 0 saturated heterocycles. The average molecular weight is 474 g/mol. The normalized spacial score (nSPS) is 12.6. The number of nitrogens with one attached hydrogen (secondary N) is 1. The maximum absolute atomic E-state index is 13.1. The van der Waals surface area contributed by atoms with Gasteiger partial charge in [0.15, 0.2) is 11.6 Å². The monoisotopic (exact) mass is 473 g/mol. The first kappa shape index (κ1) is 24.5. The summed E-state index contributed by atoms with van der Waals surface area (Å²) in [7, 11) is 0. The van der Waals surface area contributed by atoms with E-state index in [4.69, 9.17) is 16.3 Å². The first-order chi connectivity index (χ1) is 15.5. The zero-order valence-electron chi connectivity index (χ0n) is 19.0. The van der Waals surface area contributed by atoms with E-state index in [1.807, 2.05) is 13.8 Å². The number of para-hydroxylation sites is 1. The van der Waals surface area contributed by atoms with Crippen molar-refractivity contribution in [2.45, 2.75) is 52.3 Å². The number of nitrogens with zero attached hydrogens (tertiary/aromatic N) is 4. The highest BCUT2D eigenvalue weighted by Crippen LogP contribution is 2.28. The Balaban J connectivity index is 1.80. The van der Waals surface area contributed by atoms with Gasteiger partial charge in [-0.25, -0.2) is 4.68 Å². The molecule has 1 atom stereocenters. The van der Waals surface area contributed by atoms with Crippen LogP contribution in [0.4, 0.5) is 5.82 Å². The van der Waals surface area contributed by atoms with E-state index in [-0.39, 0.29) is 18.2 Å². The van der Waals surface area contributed by atoms with E-state index in [0.717, 1.165) is 4.68 Å². The SMILES string of the molecule is CC(C)CC(C(=O)Nc1ccn(CC(C)(C)O)n1)n1ncc(Oc2ccccc2Cl)cc1=O. The van der Waals surface area contributed by atoms with Crippen LogP contribution in [0.2, 0.25) is 5.02 Å². The first-order valence-corrected chi connectivity index (χ1v) is 11.0. The van der Waals surface area contributed by atoms with E-state index in [1.54, 1.807) is 55.1 Å². The molecule has 1 amide bonds. The van der Waals surface area contributed by atoms with E-state index < -0.39 is 23.1 Å². The fraction of sp³-hybridized carbons (Fsp3) is 0.391. The highest BCUT2D eigenvalue weighted by atomic mass is 35.5. The predicted molar refractivity (Wildman–Crippen MR) is 126 cm³/mol. The highest BCUT2D eigenvalue weighted by Gasteiger charge is 2.25. The highest BCUT2D eigenvalue weighted by molar-refractivity contribution is 6.32. The summed E-state index contributed by atoms with van der Waals surface area (Å²) in [4.78, 5) is 25.9. The largest absolute Gasteiger partial charge is 0.454 e. The topological polar surface area (TPSA) is 111 Å². The number of anilines is 1. The van der Waals surface area contributed by atoms with Crippen LogP contribution in [0, 0.1) is 5.92 Å². The summed E-state index contributed by atoms with van der Waals surface area (Å²) in [5.74, 6) is 0.659. The summed E-state index contributed by atoms with van der Waals surface area (Å²) in [5, 5.41) is 21.6. The minimum Gasteiger partial charge on any atom is -0.454 e. The van der Waals surface area contributed by atoms with Gasteiger partial charge in [0.05, 0.1) is 23.4 Å². The molecule has 10 heteroatoms. The van der Waals surface area contributed by atoms with E-state index >= 15 is 0 Å². The zero-order chi connectivity index (χ0) is 24.2. The minimum absolute atomic E-state index is 0.126. The Kier molecular flexibility index (Phi) is 7.55. The van der Waals surface area contributed by atoms with E-state index in [2.05, 4.69) is 15.5 Å². The number of hydrogen-bond acceptors (Lipinski definition) is 6. The summed E-state index contributed by atoms with van der Waals surface area (Å²) < 4.78 is 8.34. The fourth-order valence-corrected chi connectivity index (χ4v) is 3.41. The molecule has 3 rings (SSSR count). The summed E-state index contributed by atoms with van der Waals surface area (Å²) in [6.07, 6.45) is 3.44. The molecule has 2 heterocycles. The standard InChI is InChI=1S/C23H28ClN5O4/c1-15(2)11-18(22(31)26-20-9-10-28(27-20)14-23(3,4)32)29-21(30)12-16(13-25-29)33-19-8-6-5-7-17(19)24/h5-10,12-13,15,18,32H,11,14H2,1-4H3,(H,26,27,31). The Morgan fingerprint density at radius 1 is 1.27 bits per heavy atom. The second-order valence-electron chi connectivity index (χ2n) is 8.85. The summed E-state index contributed by atoms with van der Waals surface area (Å²) in [5.41, 5.74) is -1.42. The Hall–Kier alpha value is -3.17. The van der Waals surface area contributed by atoms with Crippen LogP contribution in [0.1, 0.15) is 40.2 Å². The maximum atomic E-state index is 13.1. The smallest absolute Gasteiger partial charge is 0.271 e. The third-order valence-corrected chi connectivity index (χ3v) is 4.91. The van der Waals surface area contributed by atoms with Gasteiger partial charge in [0, 0.05) is 18.3 Å². The van der Waals surface area contributed by atoms with Crippen molar-refractivity contribution >= 4 is 23.3 Å². The van der Waals surface area contributed by atoms with Crippen LogP contribution >= 0.6 is 11.6 Å². The lowest BCUT2D eigenvalue weighted by molar-refractivity contribution is -0.120. The molecule has 2 N–H and O–H groups in total. The van der Waals surface area contributed by atoms with Crippen LogP contribution in [0.3, 0.4) is 0 Å². The number of ether oxygens (including phenoxy) is 1. The molecule has 3 aromatic rings. The number of benzene rings is 1. The second kappa shape index (κ2) is 10.2. The number of aromatic nitrogens is 4. The Bertz CT molecular complexity index is 1170. The van der Waals surface area contributed by atoms with Gasteiger partial charge in [-0.1, -0.05) is 37.6 Å². The van der Waals surface area contributed by atoms with Gasteiger partial charge in [-0.2, -0.15) is 10.2 Å². The minimum atomic E-state index is -0.946. The molecular weight excluding hydrogens is 446 g/mol. The van der Waals surface area contributed by atoms with Crippen LogP contribution in [0.5, 0.6) is 11.5 Å². The predicted octanol–water partition coefficient (Wildman–Crippen LogP) is 3.88. The van der Waals surface area contributed by atoms with Crippen LogP contribution in [0.25, 0.3) is 0 Å². The number of carbonyl (C=O) groups is 1. The number of carbonyl (C=O) groups excluding carboxylic acids is 1. The molecule has 0 aliphatic rings. The molecule has 0 spiro atoms.